The Kier molecular flexibility index (Phi) is 3.94. The lowest BCUT2D eigenvalue weighted by molar-refractivity contribution is 0.0577. The van der Waals surface area contributed by atoms with Gasteiger partial charge >= 0.3 is 0 Å². The van der Waals surface area contributed by atoms with Crippen LogP contribution >= 0.6 is 0 Å². The summed E-state index contributed by atoms with van der Waals surface area (Å²) in [5.41, 5.74) is 0.481. The normalized spacial score (nSPS) is 18.7. The highest BCUT2D eigenvalue weighted by Gasteiger charge is 2.28. The van der Waals surface area contributed by atoms with Crippen LogP contribution in [0, 0.1) is 6.92 Å². The van der Waals surface area contributed by atoms with Gasteiger partial charge < -0.3 is 4.90 Å². The SMILES string of the molecule is Cc1nccc(C(=O)N2CCCC[C@@H]2Cn2cccn2)n1. The lowest BCUT2D eigenvalue weighted by Gasteiger charge is -2.35. The number of piperidine rings is 1. The zero-order chi connectivity index (χ0) is 14.7. The van der Waals surface area contributed by atoms with Gasteiger partial charge in [0.2, 0.25) is 0 Å². The Morgan fingerprint density at radius 1 is 1.38 bits per heavy atom. The van der Waals surface area contributed by atoms with Crippen LogP contribution in [0.4, 0.5) is 0 Å². The molecule has 1 aliphatic rings. The lowest BCUT2D eigenvalue weighted by atomic mass is 10.0. The van der Waals surface area contributed by atoms with Crippen molar-refractivity contribution in [1.82, 2.24) is 24.6 Å². The minimum atomic E-state index is -0.00245. The second-order valence-electron chi connectivity index (χ2n) is 5.37. The van der Waals surface area contributed by atoms with Gasteiger partial charge in [0.15, 0.2) is 0 Å². The summed E-state index contributed by atoms with van der Waals surface area (Å²) in [5, 5.41) is 4.24. The average molecular weight is 285 g/mol. The summed E-state index contributed by atoms with van der Waals surface area (Å²) in [6.45, 7) is 3.32. The molecule has 0 spiro atoms. The van der Waals surface area contributed by atoms with Crippen molar-refractivity contribution in [1.29, 1.82) is 0 Å². The van der Waals surface area contributed by atoms with Crippen molar-refractivity contribution in [2.75, 3.05) is 6.54 Å². The van der Waals surface area contributed by atoms with Gasteiger partial charge in [-0.05, 0) is 38.3 Å². The van der Waals surface area contributed by atoms with E-state index in [1.807, 2.05) is 21.8 Å². The predicted octanol–water partition coefficient (Wildman–Crippen LogP) is 1.68. The molecule has 2 aromatic heterocycles. The summed E-state index contributed by atoms with van der Waals surface area (Å²) in [6, 6.07) is 3.78. The van der Waals surface area contributed by atoms with Crippen LogP contribution in [0.5, 0.6) is 0 Å². The summed E-state index contributed by atoms with van der Waals surface area (Å²) in [7, 11) is 0. The molecule has 21 heavy (non-hydrogen) atoms. The third kappa shape index (κ3) is 3.09. The standard InChI is InChI=1S/C15H19N5O/c1-12-16-8-6-14(18-12)15(21)20-10-3-2-5-13(20)11-19-9-4-7-17-19/h4,6-9,13H,2-3,5,10-11H2,1H3/t13-/m1/s1. The second kappa shape index (κ2) is 6.03. The Morgan fingerprint density at radius 2 is 2.29 bits per heavy atom. The highest BCUT2D eigenvalue weighted by atomic mass is 16.2. The molecule has 0 aliphatic carbocycles. The van der Waals surface area contributed by atoms with Crippen LogP contribution in [0.25, 0.3) is 0 Å². The minimum Gasteiger partial charge on any atom is -0.332 e. The molecule has 1 amide bonds. The van der Waals surface area contributed by atoms with Crippen LogP contribution < -0.4 is 0 Å². The maximum atomic E-state index is 12.7. The quantitative estimate of drug-likeness (QED) is 0.860. The van der Waals surface area contributed by atoms with E-state index in [1.165, 1.54) is 0 Å². The molecule has 0 aromatic carbocycles. The highest BCUT2D eigenvalue weighted by molar-refractivity contribution is 5.92. The van der Waals surface area contributed by atoms with E-state index in [2.05, 4.69) is 15.1 Å². The van der Waals surface area contributed by atoms with E-state index < -0.39 is 0 Å². The molecule has 0 N–H and O–H groups in total. The fraction of sp³-hybridized carbons (Fsp3) is 0.467. The van der Waals surface area contributed by atoms with Crippen LogP contribution in [0.15, 0.2) is 30.7 Å². The molecule has 1 saturated heterocycles. The fourth-order valence-electron chi connectivity index (χ4n) is 2.80. The minimum absolute atomic E-state index is 0.00245. The largest absolute Gasteiger partial charge is 0.332 e. The average Bonchev–Trinajstić information content (AvgIpc) is 3.00. The number of hydrogen-bond acceptors (Lipinski definition) is 4. The Bertz CT molecular complexity index is 610. The van der Waals surface area contributed by atoms with Crippen LogP contribution in [0.3, 0.4) is 0 Å². The summed E-state index contributed by atoms with van der Waals surface area (Å²) >= 11 is 0. The molecule has 3 heterocycles. The van der Waals surface area contributed by atoms with E-state index in [-0.39, 0.29) is 11.9 Å². The first-order chi connectivity index (χ1) is 10.2. The van der Waals surface area contributed by atoms with Crippen molar-refractivity contribution in [3.63, 3.8) is 0 Å². The van der Waals surface area contributed by atoms with Crippen molar-refractivity contribution >= 4 is 5.91 Å². The smallest absolute Gasteiger partial charge is 0.272 e. The summed E-state index contributed by atoms with van der Waals surface area (Å²) in [6.07, 6.45) is 8.55. The van der Waals surface area contributed by atoms with Gasteiger partial charge in [-0.2, -0.15) is 5.10 Å². The van der Waals surface area contributed by atoms with E-state index in [1.54, 1.807) is 25.4 Å². The van der Waals surface area contributed by atoms with Gasteiger partial charge in [-0.3, -0.25) is 9.48 Å². The first kappa shape index (κ1) is 13.7. The van der Waals surface area contributed by atoms with Gasteiger partial charge in [-0.1, -0.05) is 0 Å². The monoisotopic (exact) mass is 285 g/mol. The lowest BCUT2D eigenvalue weighted by Crippen LogP contribution is -2.46. The number of carbonyl (C=O) groups excluding carboxylic acids is 1. The zero-order valence-corrected chi connectivity index (χ0v) is 12.1. The van der Waals surface area contributed by atoms with Crippen LogP contribution in [-0.2, 0) is 6.54 Å². The Labute approximate surface area is 123 Å². The number of amides is 1. The van der Waals surface area contributed by atoms with Crippen molar-refractivity contribution in [2.45, 2.75) is 38.8 Å². The van der Waals surface area contributed by atoms with Crippen molar-refractivity contribution < 1.29 is 4.79 Å². The molecule has 1 atom stereocenters. The Morgan fingerprint density at radius 3 is 3.05 bits per heavy atom. The first-order valence-corrected chi connectivity index (χ1v) is 7.32. The van der Waals surface area contributed by atoms with E-state index in [0.29, 0.717) is 11.5 Å². The highest BCUT2D eigenvalue weighted by Crippen LogP contribution is 2.20. The molecule has 6 heteroatoms. The van der Waals surface area contributed by atoms with Gasteiger partial charge in [0.25, 0.3) is 5.91 Å². The van der Waals surface area contributed by atoms with Gasteiger partial charge in [0.05, 0.1) is 12.6 Å². The van der Waals surface area contributed by atoms with E-state index >= 15 is 0 Å². The topological polar surface area (TPSA) is 63.9 Å². The Balaban J connectivity index is 1.78. The number of likely N-dealkylation sites (tertiary alicyclic amines) is 1. The number of rotatable bonds is 3. The first-order valence-electron chi connectivity index (χ1n) is 7.32. The number of aryl methyl sites for hydroxylation is 1. The number of aromatic nitrogens is 4. The summed E-state index contributed by atoms with van der Waals surface area (Å²) < 4.78 is 1.89. The maximum absolute atomic E-state index is 12.7. The van der Waals surface area contributed by atoms with E-state index in [0.717, 1.165) is 32.4 Å². The van der Waals surface area contributed by atoms with E-state index in [9.17, 15) is 4.79 Å². The summed E-state index contributed by atoms with van der Waals surface area (Å²) in [5.74, 6) is 0.624. The third-order valence-corrected chi connectivity index (χ3v) is 3.84. The molecule has 0 radical (unpaired) electrons. The maximum Gasteiger partial charge on any atom is 0.272 e. The summed E-state index contributed by atoms with van der Waals surface area (Å²) in [4.78, 5) is 22.9. The van der Waals surface area contributed by atoms with E-state index in [4.69, 9.17) is 0 Å². The third-order valence-electron chi connectivity index (χ3n) is 3.84. The molecular weight excluding hydrogens is 266 g/mol. The van der Waals surface area contributed by atoms with Gasteiger partial charge in [0.1, 0.15) is 11.5 Å². The van der Waals surface area contributed by atoms with Crippen LogP contribution in [0.2, 0.25) is 0 Å². The zero-order valence-electron chi connectivity index (χ0n) is 12.1. The number of hydrogen-bond donors (Lipinski definition) is 0. The fourth-order valence-corrected chi connectivity index (χ4v) is 2.80. The van der Waals surface area contributed by atoms with Crippen LogP contribution in [-0.4, -0.2) is 43.1 Å². The predicted molar refractivity (Wildman–Crippen MR) is 77.7 cm³/mol. The molecule has 0 saturated carbocycles. The molecular formula is C15H19N5O. The number of carbonyl (C=O) groups is 1. The van der Waals surface area contributed by atoms with Crippen molar-refractivity contribution in [3.05, 3.63) is 42.2 Å². The Hall–Kier alpha value is -2.24. The molecule has 2 aromatic rings. The molecule has 3 rings (SSSR count). The molecule has 1 fully saturated rings. The van der Waals surface area contributed by atoms with Crippen molar-refractivity contribution in [3.8, 4) is 0 Å². The van der Waals surface area contributed by atoms with Crippen LogP contribution in [0.1, 0.15) is 35.6 Å². The molecule has 1 aliphatic heterocycles. The molecule has 0 bridgehead atoms. The van der Waals surface area contributed by atoms with Gasteiger partial charge in [0, 0.05) is 25.1 Å². The van der Waals surface area contributed by atoms with Gasteiger partial charge in [-0.25, -0.2) is 9.97 Å². The molecule has 6 nitrogen and oxygen atoms in total. The van der Waals surface area contributed by atoms with Gasteiger partial charge in [-0.15, -0.1) is 0 Å². The van der Waals surface area contributed by atoms with Crippen molar-refractivity contribution in [2.24, 2.45) is 0 Å². The molecule has 0 unspecified atom stereocenters. The second-order valence-corrected chi connectivity index (χ2v) is 5.37. The number of nitrogens with zero attached hydrogens (tertiary/aromatic N) is 5. The molecule has 110 valence electrons.